The van der Waals surface area contributed by atoms with E-state index < -0.39 is 26.5 Å². The maximum absolute atomic E-state index is 12.8. The van der Waals surface area contributed by atoms with Gasteiger partial charge in [0.25, 0.3) is 0 Å². The van der Waals surface area contributed by atoms with E-state index in [0.717, 1.165) is 51.4 Å². The number of unbranched alkanes of at least 4 members (excludes halogenated alkanes) is 45. The third-order valence-electron chi connectivity index (χ3n) is 14.8. The zero-order valence-corrected chi connectivity index (χ0v) is 51.0. The highest BCUT2D eigenvalue weighted by molar-refractivity contribution is 7.47. The molecule has 0 aromatic carbocycles. The lowest BCUT2D eigenvalue weighted by Gasteiger charge is -2.24. The van der Waals surface area contributed by atoms with Crippen LogP contribution in [0.4, 0.5) is 0 Å². The number of nitrogens with zero attached hydrogens (tertiary/aromatic N) is 1. The van der Waals surface area contributed by atoms with Crippen molar-refractivity contribution >= 4 is 19.8 Å². The molecule has 0 aliphatic heterocycles. The number of rotatable bonds is 61. The van der Waals surface area contributed by atoms with Gasteiger partial charge in [-0.2, -0.15) is 0 Å². The molecule has 0 aromatic rings. The first-order chi connectivity index (χ1) is 36.0. The monoisotopic (exact) mass is 1070 g/mol. The van der Waals surface area contributed by atoms with Gasteiger partial charge in [0.1, 0.15) is 19.8 Å². The van der Waals surface area contributed by atoms with Gasteiger partial charge >= 0.3 is 19.8 Å². The molecule has 74 heavy (non-hydrogen) atoms. The van der Waals surface area contributed by atoms with E-state index in [9.17, 15) is 19.0 Å². The summed E-state index contributed by atoms with van der Waals surface area (Å²) in [6.07, 6.45) is 67.6. The second-order valence-electron chi connectivity index (χ2n) is 23.5. The summed E-state index contributed by atoms with van der Waals surface area (Å²) in [5, 5.41) is 0. The summed E-state index contributed by atoms with van der Waals surface area (Å²) in [7, 11) is 1.49. The van der Waals surface area contributed by atoms with Gasteiger partial charge in [0.15, 0.2) is 6.10 Å². The summed E-state index contributed by atoms with van der Waals surface area (Å²) in [6, 6.07) is 0. The van der Waals surface area contributed by atoms with Gasteiger partial charge in [0.05, 0.1) is 27.7 Å². The summed E-state index contributed by atoms with van der Waals surface area (Å²) in [6.45, 7) is 4.47. The number of phosphoric ester groups is 1. The van der Waals surface area contributed by atoms with Gasteiger partial charge in [-0.05, 0) is 38.5 Å². The van der Waals surface area contributed by atoms with E-state index >= 15 is 0 Å². The SMILES string of the molecule is CCCCCCC/C=C\CCCCCCCC(=O)OC(COC(=O)CCCCCCCCCCCCCCCCCCCCCCCCCCCCCCCCCCCCCC)COP(=O)(O)OCC[N+](C)(C)C. The number of quaternary nitrogens is 1. The number of ether oxygens (including phenoxy) is 2. The van der Waals surface area contributed by atoms with Crippen LogP contribution in [0.25, 0.3) is 0 Å². The number of esters is 2. The lowest BCUT2D eigenvalue weighted by atomic mass is 10.0. The molecule has 0 spiro atoms. The number of phosphoric acid groups is 1. The minimum atomic E-state index is -4.38. The summed E-state index contributed by atoms with van der Waals surface area (Å²) in [5.74, 6) is -0.789. The van der Waals surface area contributed by atoms with Crippen LogP contribution in [-0.4, -0.2) is 74.9 Å². The molecule has 9 nitrogen and oxygen atoms in total. The van der Waals surface area contributed by atoms with Crippen LogP contribution >= 0.6 is 7.82 Å². The number of carbonyl (C=O) groups is 2. The van der Waals surface area contributed by atoms with Crippen LogP contribution in [-0.2, 0) is 32.7 Å². The van der Waals surface area contributed by atoms with Crippen molar-refractivity contribution in [3.05, 3.63) is 12.2 Å². The maximum Gasteiger partial charge on any atom is 0.472 e. The van der Waals surface area contributed by atoms with Crippen molar-refractivity contribution in [1.29, 1.82) is 0 Å². The molecular weight excluding hydrogens is 942 g/mol. The van der Waals surface area contributed by atoms with Crippen LogP contribution < -0.4 is 0 Å². The first-order valence-electron chi connectivity index (χ1n) is 32.4. The smallest absolute Gasteiger partial charge is 0.462 e. The Bertz CT molecular complexity index is 1260. The largest absolute Gasteiger partial charge is 0.472 e. The van der Waals surface area contributed by atoms with Crippen molar-refractivity contribution in [2.24, 2.45) is 0 Å². The Hall–Kier alpha value is -1.25. The van der Waals surface area contributed by atoms with Crippen molar-refractivity contribution in [3.8, 4) is 0 Å². The van der Waals surface area contributed by atoms with E-state index in [4.69, 9.17) is 18.5 Å². The van der Waals surface area contributed by atoms with Gasteiger partial charge in [-0.3, -0.25) is 18.6 Å². The summed E-state index contributed by atoms with van der Waals surface area (Å²) in [5.41, 5.74) is 0. The highest BCUT2D eigenvalue weighted by Gasteiger charge is 2.27. The zero-order valence-electron chi connectivity index (χ0n) is 50.1. The van der Waals surface area contributed by atoms with Crippen LogP contribution in [0.1, 0.15) is 335 Å². The van der Waals surface area contributed by atoms with E-state index in [0.29, 0.717) is 23.9 Å². The van der Waals surface area contributed by atoms with Gasteiger partial charge in [-0.25, -0.2) is 4.57 Å². The Kier molecular flexibility index (Phi) is 55.5. The van der Waals surface area contributed by atoms with E-state index in [1.807, 2.05) is 21.1 Å². The lowest BCUT2D eigenvalue weighted by Crippen LogP contribution is -2.37. The molecule has 10 heteroatoms. The third kappa shape index (κ3) is 60.0. The zero-order chi connectivity index (χ0) is 54.2. The number of likely N-dealkylation sites (N-methyl/N-ethyl adjacent to an activating group) is 1. The summed E-state index contributed by atoms with van der Waals surface area (Å²) >= 11 is 0. The molecule has 0 aromatic heterocycles. The second-order valence-corrected chi connectivity index (χ2v) is 25.0. The van der Waals surface area contributed by atoms with Gasteiger partial charge in [-0.15, -0.1) is 0 Å². The molecule has 440 valence electrons. The molecular formula is C64H127NO8P+. The topological polar surface area (TPSA) is 108 Å². The summed E-state index contributed by atoms with van der Waals surface area (Å²) in [4.78, 5) is 35.6. The molecule has 2 unspecified atom stereocenters. The molecule has 0 rings (SSSR count). The van der Waals surface area contributed by atoms with Crippen molar-refractivity contribution in [3.63, 3.8) is 0 Å². The maximum atomic E-state index is 12.8. The molecule has 1 N–H and O–H groups in total. The molecule has 0 saturated carbocycles. The van der Waals surface area contributed by atoms with Crippen molar-refractivity contribution in [1.82, 2.24) is 0 Å². The Labute approximate surface area is 460 Å². The average Bonchev–Trinajstić information content (AvgIpc) is 3.36. The fourth-order valence-corrected chi connectivity index (χ4v) is 10.5. The predicted octanol–water partition coefficient (Wildman–Crippen LogP) is 20.4. The molecule has 0 fully saturated rings. The molecule has 0 bridgehead atoms. The number of hydrogen-bond donors (Lipinski definition) is 1. The Morgan fingerprint density at radius 1 is 0.405 bits per heavy atom. The van der Waals surface area contributed by atoms with Crippen LogP contribution in [0, 0.1) is 0 Å². The number of allylic oxidation sites excluding steroid dienone is 2. The lowest BCUT2D eigenvalue weighted by molar-refractivity contribution is -0.870. The second kappa shape index (κ2) is 56.5. The normalized spacial score (nSPS) is 13.2. The van der Waals surface area contributed by atoms with Crippen molar-refractivity contribution in [2.75, 3.05) is 47.5 Å². The fourth-order valence-electron chi connectivity index (χ4n) is 9.78. The molecule has 0 amide bonds. The first kappa shape index (κ1) is 72.8. The minimum absolute atomic E-state index is 0.0336. The fraction of sp³-hybridized carbons (Fsp3) is 0.938. The first-order valence-corrected chi connectivity index (χ1v) is 33.9. The highest BCUT2D eigenvalue weighted by atomic mass is 31.2. The molecule has 0 aliphatic carbocycles. The average molecular weight is 1070 g/mol. The Morgan fingerprint density at radius 3 is 1.00 bits per heavy atom. The predicted molar refractivity (Wildman–Crippen MR) is 317 cm³/mol. The quantitative estimate of drug-likeness (QED) is 0.0211. The van der Waals surface area contributed by atoms with Crippen LogP contribution in [0.3, 0.4) is 0 Å². The molecule has 0 aliphatic rings. The Balaban J connectivity index is 3.86. The van der Waals surface area contributed by atoms with Gasteiger partial charge in [0.2, 0.25) is 0 Å². The van der Waals surface area contributed by atoms with Gasteiger partial charge in [-0.1, -0.05) is 296 Å². The van der Waals surface area contributed by atoms with Crippen LogP contribution in [0.15, 0.2) is 12.2 Å². The Morgan fingerprint density at radius 2 is 0.689 bits per heavy atom. The molecule has 0 saturated heterocycles. The van der Waals surface area contributed by atoms with Gasteiger partial charge in [0, 0.05) is 12.8 Å². The highest BCUT2D eigenvalue weighted by Crippen LogP contribution is 2.43. The van der Waals surface area contributed by atoms with Crippen molar-refractivity contribution in [2.45, 2.75) is 341 Å². The van der Waals surface area contributed by atoms with Crippen LogP contribution in [0.5, 0.6) is 0 Å². The minimum Gasteiger partial charge on any atom is -0.462 e. The third-order valence-corrected chi connectivity index (χ3v) is 15.8. The van der Waals surface area contributed by atoms with Crippen molar-refractivity contribution < 1.29 is 42.1 Å². The molecule has 2 atom stereocenters. The standard InChI is InChI=1S/C64H126NO8P/c1-6-8-10-12-14-16-18-20-22-23-24-25-26-27-28-29-30-31-32-33-34-35-36-37-38-39-40-41-42-43-45-46-48-50-52-54-56-63(66)70-60-62(61-72-74(68,69)71-59-58-65(3,4)5)73-64(67)57-55-53-51-49-47-44-21-19-17-15-13-11-9-7-2/h19,21,62H,6-18,20,22-61H2,1-5H3/p+1/b21-19-. The number of hydrogen-bond acceptors (Lipinski definition) is 7. The van der Waals surface area contributed by atoms with E-state index in [1.54, 1.807) is 0 Å². The molecule has 0 radical (unpaired) electrons. The van der Waals surface area contributed by atoms with Gasteiger partial charge < -0.3 is 18.9 Å². The van der Waals surface area contributed by atoms with Crippen LogP contribution in [0.2, 0.25) is 0 Å². The van der Waals surface area contributed by atoms with E-state index in [2.05, 4.69) is 26.0 Å². The van der Waals surface area contributed by atoms with E-state index in [1.165, 1.54) is 250 Å². The van der Waals surface area contributed by atoms with E-state index in [-0.39, 0.29) is 25.6 Å². The number of carbonyl (C=O) groups excluding carboxylic acids is 2. The summed E-state index contributed by atoms with van der Waals surface area (Å²) < 4.78 is 34.6. The molecule has 0 heterocycles.